The van der Waals surface area contributed by atoms with E-state index < -0.39 is 16.0 Å². The topological polar surface area (TPSA) is 72.5 Å². The summed E-state index contributed by atoms with van der Waals surface area (Å²) >= 11 is 1.67. The van der Waals surface area contributed by atoms with Gasteiger partial charge in [-0.2, -0.15) is 11.8 Å². The molecule has 1 N–H and O–H groups in total. The lowest BCUT2D eigenvalue weighted by Gasteiger charge is -2.10. The molecule has 0 amide bonds. The number of carbonyl (C=O) groups excluding carboxylic acids is 1. The van der Waals surface area contributed by atoms with Crippen LogP contribution >= 0.6 is 11.8 Å². The van der Waals surface area contributed by atoms with Gasteiger partial charge in [-0.05, 0) is 42.7 Å². The standard InChI is InChI=1S/C19H23NO4S2/c1-14-6-4-5-7-16(14)13-25-11-10-20-26(22,23)17-9-8-15(2)18(12-17)19(21)24-3/h4-9,12,20H,10-11,13H2,1-3H3. The zero-order chi connectivity index (χ0) is 19.2. The van der Waals surface area contributed by atoms with Crippen LogP contribution < -0.4 is 4.72 Å². The van der Waals surface area contributed by atoms with Gasteiger partial charge in [0.2, 0.25) is 10.0 Å². The molecule has 0 fully saturated rings. The van der Waals surface area contributed by atoms with Crippen LogP contribution in [0.25, 0.3) is 0 Å². The number of hydrogen-bond acceptors (Lipinski definition) is 5. The third-order valence-corrected chi connectivity index (χ3v) is 6.45. The van der Waals surface area contributed by atoms with E-state index in [-0.39, 0.29) is 10.5 Å². The number of aryl methyl sites for hydroxylation is 2. The van der Waals surface area contributed by atoms with E-state index in [2.05, 4.69) is 23.8 Å². The average molecular weight is 394 g/mol. The summed E-state index contributed by atoms with van der Waals surface area (Å²) in [4.78, 5) is 11.8. The van der Waals surface area contributed by atoms with Crippen molar-refractivity contribution >= 4 is 27.8 Å². The number of ether oxygens (including phenoxy) is 1. The first-order valence-corrected chi connectivity index (χ1v) is 10.8. The predicted octanol–water partition coefficient (Wildman–Crippen LogP) is 3.30. The van der Waals surface area contributed by atoms with Crippen molar-refractivity contribution in [2.45, 2.75) is 24.5 Å². The lowest BCUT2D eigenvalue weighted by atomic mass is 10.1. The van der Waals surface area contributed by atoms with E-state index in [1.54, 1.807) is 24.8 Å². The summed E-state index contributed by atoms with van der Waals surface area (Å²) in [6.07, 6.45) is 0. The summed E-state index contributed by atoms with van der Waals surface area (Å²) in [7, 11) is -2.39. The van der Waals surface area contributed by atoms with Crippen molar-refractivity contribution in [1.82, 2.24) is 4.72 Å². The Morgan fingerprint density at radius 2 is 1.85 bits per heavy atom. The molecular weight excluding hydrogens is 370 g/mol. The molecule has 0 aromatic heterocycles. The van der Waals surface area contributed by atoms with Gasteiger partial charge in [-0.3, -0.25) is 0 Å². The van der Waals surface area contributed by atoms with Gasteiger partial charge >= 0.3 is 5.97 Å². The Labute approximate surface area is 159 Å². The molecule has 26 heavy (non-hydrogen) atoms. The molecule has 0 saturated heterocycles. The van der Waals surface area contributed by atoms with Crippen LogP contribution in [0.5, 0.6) is 0 Å². The Hall–Kier alpha value is -1.83. The predicted molar refractivity (Wildman–Crippen MR) is 105 cm³/mol. The summed E-state index contributed by atoms with van der Waals surface area (Å²) in [6, 6.07) is 12.6. The minimum atomic E-state index is -3.67. The van der Waals surface area contributed by atoms with Gasteiger partial charge in [0, 0.05) is 18.1 Å². The second-order valence-electron chi connectivity index (χ2n) is 5.85. The quantitative estimate of drug-likeness (QED) is 0.550. The van der Waals surface area contributed by atoms with Crippen LogP contribution in [0.1, 0.15) is 27.0 Å². The summed E-state index contributed by atoms with van der Waals surface area (Å²) < 4.78 is 32.1. The Bertz CT molecular complexity index is 879. The first-order chi connectivity index (χ1) is 12.3. The van der Waals surface area contributed by atoms with E-state index in [0.717, 1.165) is 5.75 Å². The van der Waals surface area contributed by atoms with Crippen molar-refractivity contribution in [2.75, 3.05) is 19.4 Å². The molecule has 0 unspecified atom stereocenters. The second-order valence-corrected chi connectivity index (χ2v) is 8.72. The van der Waals surface area contributed by atoms with E-state index >= 15 is 0 Å². The molecule has 0 atom stereocenters. The third kappa shape index (κ3) is 5.33. The molecule has 140 valence electrons. The Balaban J connectivity index is 1.93. The molecule has 0 radical (unpaired) electrons. The molecule has 2 aromatic rings. The number of methoxy groups -OCH3 is 1. The van der Waals surface area contributed by atoms with Crippen molar-refractivity contribution < 1.29 is 17.9 Å². The van der Waals surface area contributed by atoms with Gasteiger partial charge < -0.3 is 4.74 Å². The summed E-state index contributed by atoms with van der Waals surface area (Å²) in [5, 5.41) is 0. The fourth-order valence-corrected chi connectivity index (χ4v) is 4.51. The minimum Gasteiger partial charge on any atom is -0.465 e. The molecule has 2 aromatic carbocycles. The summed E-state index contributed by atoms with van der Waals surface area (Å²) in [5.41, 5.74) is 3.41. The Morgan fingerprint density at radius 3 is 2.54 bits per heavy atom. The van der Waals surface area contributed by atoms with E-state index in [4.69, 9.17) is 4.74 Å². The number of esters is 1. The molecule has 0 heterocycles. The summed E-state index contributed by atoms with van der Waals surface area (Å²) in [6.45, 7) is 4.12. The number of sulfonamides is 1. The first-order valence-electron chi connectivity index (χ1n) is 8.16. The lowest BCUT2D eigenvalue weighted by molar-refractivity contribution is 0.0599. The average Bonchev–Trinajstić information content (AvgIpc) is 2.62. The molecule has 0 spiro atoms. The highest BCUT2D eigenvalue weighted by Gasteiger charge is 2.18. The van der Waals surface area contributed by atoms with Gasteiger partial charge in [0.05, 0.1) is 17.6 Å². The van der Waals surface area contributed by atoms with Crippen molar-refractivity contribution in [3.8, 4) is 0 Å². The molecule has 0 aliphatic heterocycles. The Morgan fingerprint density at radius 1 is 1.12 bits per heavy atom. The first kappa shape index (κ1) is 20.5. The maximum Gasteiger partial charge on any atom is 0.338 e. The fourth-order valence-electron chi connectivity index (χ4n) is 2.38. The molecule has 0 saturated carbocycles. The highest BCUT2D eigenvalue weighted by atomic mass is 32.2. The third-order valence-electron chi connectivity index (χ3n) is 3.98. The van der Waals surface area contributed by atoms with Crippen LogP contribution in [-0.4, -0.2) is 33.8 Å². The lowest BCUT2D eigenvalue weighted by Crippen LogP contribution is -2.26. The van der Waals surface area contributed by atoms with Crippen LogP contribution in [0.15, 0.2) is 47.4 Å². The fraction of sp³-hybridized carbons (Fsp3) is 0.316. The molecular formula is C19H23NO4S2. The number of hydrogen-bond donors (Lipinski definition) is 1. The number of thioether (sulfide) groups is 1. The van der Waals surface area contributed by atoms with E-state index in [1.807, 2.05) is 12.1 Å². The minimum absolute atomic E-state index is 0.0624. The van der Waals surface area contributed by atoms with Gasteiger partial charge in [0.1, 0.15) is 0 Å². The van der Waals surface area contributed by atoms with E-state index in [1.165, 1.54) is 30.4 Å². The monoisotopic (exact) mass is 393 g/mol. The van der Waals surface area contributed by atoms with Gasteiger partial charge in [-0.1, -0.05) is 30.3 Å². The maximum atomic E-state index is 12.4. The molecule has 7 heteroatoms. The number of benzene rings is 2. The van der Waals surface area contributed by atoms with Gasteiger partial charge in [-0.25, -0.2) is 17.9 Å². The van der Waals surface area contributed by atoms with Gasteiger partial charge in [-0.15, -0.1) is 0 Å². The number of rotatable bonds is 8. The number of nitrogens with one attached hydrogen (secondary N) is 1. The maximum absolute atomic E-state index is 12.4. The second kappa shape index (κ2) is 9.21. The largest absolute Gasteiger partial charge is 0.465 e. The highest BCUT2D eigenvalue weighted by molar-refractivity contribution is 7.98. The number of carbonyl (C=O) groups is 1. The van der Waals surface area contributed by atoms with E-state index in [9.17, 15) is 13.2 Å². The van der Waals surface area contributed by atoms with Crippen molar-refractivity contribution in [2.24, 2.45) is 0 Å². The normalized spacial score (nSPS) is 11.3. The zero-order valence-electron chi connectivity index (χ0n) is 15.1. The molecule has 0 aliphatic rings. The van der Waals surface area contributed by atoms with Crippen molar-refractivity contribution in [3.63, 3.8) is 0 Å². The van der Waals surface area contributed by atoms with Crippen LogP contribution in [-0.2, 0) is 20.5 Å². The molecule has 0 bridgehead atoms. The van der Waals surface area contributed by atoms with Crippen LogP contribution in [0, 0.1) is 13.8 Å². The smallest absolute Gasteiger partial charge is 0.338 e. The van der Waals surface area contributed by atoms with Gasteiger partial charge in [0.15, 0.2) is 0 Å². The van der Waals surface area contributed by atoms with Crippen LogP contribution in [0.2, 0.25) is 0 Å². The molecule has 2 rings (SSSR count). The summed E-state index contributed by atoms with van der Waals surface area (Å²) in [5.74, 6) is 0.947. The van der Waals surface area contributed by atoms with Crippen molar-refractivity contribution in [3.05, 3.63) is 64.7 Å². The Kier molecular flexibility index (Phi) is 7.25. The molecule has 5 nitrogen and oxygen atoms in total. The van der Waals surface area contributed by atoms with E-state index in [0.29, 0.717) is 17.9 Å². The van der Waals surface area contributed by atoms with Crippen LogP contribution in [0.4, 0.5) is 0 Å². The highest BCUT2D eigenvalue weighted by Crippen LogP contribution is 2.18. The van der Waals surface area contributed by atoms with Gasteiger partial charge in [0.25, 0.3) is 0 Å². The SMILES string of the molecule is COC(=O)c1cc(S(=O)(=O)NCCSCc2ccccc2C)ccc1C. The molecule has 0 aliphatic carbocycles. The van der Waals surface area contributed by atoms with Crippen molar-refractivity contribution in [1.29, 1.82) is 0 Å². The van der Waals surface area contributed by atoms with Crippen LogP contribution in [0.3, 0.4) is 0 Å². The zero-order valence-corrected chi connectivity index (χ0v) is 16.7.